The lowest BCUT2D eigenvalue weighted by Crippen LogP contribution is -2.34. The summed E-state index contributed by atoms with van der Waals surface area (Å²) in [6.07, 6.45) is 3.52. The molecule has 1 aliphatic heterocycles. The number of H-pyrrole nitrogens is 2. The molecule has 3 heterocycles. The van der Waals surface area contributed by atoms with Crippen molar-refractivity contribution in [3.05, 3.63) is 71.0 Å². The van der Waals surface area contributed by atoms with Crippen LogP contribution in [-0.4, -0.2) is 38.2 Å². The number of nitrogens with zero attached hydrogens (tertiary/aromatic N) is 3. The van der Waals surface area contributed by atoms with Gasteiger partial charge in [0, 0.05) is 15.9 Å². The number of rotatable bonds is 5. The summed E-state index contributed by atoms with van der Waals surface area (Å²) in [6, 6.07) is 18.6. The molecule has 1 fully saturated rings. The quantitative estimate of drug-likeness (QED) is 0.487. The molecular weight excluding hydrogens is 382 g/mol. The van der Waals surface area contributed by atoms with Crippen LogP contribution in [0.4, 0.5) is 0 Å². The molecular formula is C23H24ClN5. The summed E-state index contributed by atoms with van der Waals surface area (Å²) >= 11 is 6.12. The molecule has 0 unspecified atom stereocenters. The van der Waals surface area contributed by atoms with Gasteiger partial charge in [0.05, 0.1) is 12.2 Å². The van der Waals surface area contributed by atoms with Crippen LogP contribution in [0.3, 0.4) is 0 Å². The maximum atomic E-state index is 6.12. The molecule has 0 bridgehead atoms. The first-order valence-corrected chi connectivity index (χ1v) is 10.6. The van der Waals surface area contributed by atoms with Gasteiger partial charge in [-0.3, -0.25) is 4.90 Å². The Labute approximate surface area is 175 Å². The summed E-state index contributed by atoms with van der Waals surface area (Å²) in [4.78, 5) is 9.25. The normalized spacial score (nSPS) is 15.9. The Morgan fingerprint density at radius 1 is 0.966 bits per heavy atom. The number of piperidine rings is 1. The molecule has 0 amide bonds. The molecule has 5 nitrogen and oxygen atoms in total. The first-order chi connectivity index (χ1) is 14.2. The van der Waals surface area contributed by atoms with Crippen LogP contribution in [0.5, 0.6) is 0 Å². The van der Waals surface area contributed by atoms with Crippen molar-refractivity contribution >= 4 is 22.5 Å². The number of benzene rings is 2. The third kappa shape index (κ3) is 4.21. The van der Waals surface area contributed by atoms with Crippen LogP contribution in [0.15, 0.2) is 54.6 Å². The summed E-state index contributed by atoms with van der Waals surface area (Å²) in [7, 11) is 0. The molecule has 5 rings (SSSR count). The van der Waals surface area contributed by atoms with Crippen molar-refractivity contribution in [3.63, 3.8) is 0 Å². The third-order valence-corrected chi connectivity index (χ3v) is 6.05. The molecule has 0 saturated carbocycles. The summed E-state index contributed by atoms with van der Waals surface area (Å²) in [5.74, 6) is 2.44. The van der Waals surface area contributed by atoms with Gasteiger partial charge in [-0.05, 0) is 68.1 Å². The fraction of sp³-hybridized carbons (Fsp3) is 0.304. The SMILES string of the molecule is Clc1cccc(CC2CCN(Cc3nnc(-c4cc5ccccc5[nH]4)[nH]3)CC2)c1. The monoisotopic (exact) mass is 405 g/mol. The number of fused-ring (bicyclic) bond motifs is 1. The lowest BCUT2D eigenvalue weighted by molar-refractivity contribution is 0.173. The van der Waals surface area contributed by atoms with Gasteiger partial charge in [-0.1, -0.05) is 41.9 Å². The van der Waals surface area contributed by atoms with Crippen molar-refractivity contribution in [2.45, 2.75) is 25.8 Å². The maximum Gasteiger partial charge on any atom is 0.177 e. The zero-order valence-corrected chi connectivity index (χ0v) is 17.0. The van der Waals surface area contributed by atoms with Crippen LogP contribution in [0.2, 0.25) is 5.02 Å². The number of aromatic amines is 2. The molecule has 0 aliphatic carbocycles. The summed E-state index contributed by atoms with van der Waals surface area (Å²) in [5.41, 5.74) is 3.43. The number of aromatic nitrogens is 4. The largest absolute Gasteiger partial charge is 0.352 e. The second-order valence-electron chi connectivity index (χ2n) is 7.94. The molecule has 2 N–H and O–H groups in total. The highest BCUT2D eigenvalue weighted by atomic mass is 35.5. The Hall–Kier alpha value is -2.63. The van der Waals surface area contributed by atoms with E-state index in [0.717, 1.165) is 59.9 Å². The van der Waals surface area contributed by atoms with Gasteiger partial charge >= 0.3 is 0 Å². The predicted molar refractivity (Wildman–Crippen MR) is 117 cm³/mol. The maximum absolute atomic E-state index is 6.12. The average Bonchev–Trinajstić information content (AvgIpc) is 3.36. The lowest BCUT2D eigenvalue weighted by Gasteiger charge is -2.31. The minimum absolute atomic E-state index is 0.723. The zero-order chi connectivity index (χ0) is 19.6. The van der Waals surface area contributed by atoms with Gasteiger partial charge in [0.2, 0.25) is 0 Å². The van der Waals surface area contributed by atoms with Crippen LogP contribution in [0.25, 0.3) is 22.4 Å². The van der Waals surface area contributed by atoms with E-state index in [-0.39, 0.29) is 0 Å². The van der Waals surface area contributed by atoms with Gasteiger partial charge in [0.25, 0.3) is 0 Å². The highest BCUT2D eigenvalue weighted by molar-refractivity contribution is 6.30. The number of halogens is 1. The Kier molecular flexibility index (Phi) is 5.08. The van der Waals surface area contributed by atoms with Gasteiger partial charge < -0.3 is 9.97 Å². The molecule has 0 spiro atoms. The van der Waals surface area contributed by atoms with Gasteiger partial charge in [-0.25, -0.2) is 0 Å². The fourth-order valence-electron chi connectivity index (χ4n) is 4.25. The van der Waals surface area contributed by atoms with Gasteiger partial charge in [-0.15, -0.1) is 10.2 Å². The molecule has 4 aromatic rings. The second-order valence-corrected chi connectivity index (χ2v) is 8.38. The predicted octanol–water partition coefficient (Wildman–Crippen LogP) is 5.06. The zero-order valence-electron chi connectivity index (χ0n) is 16.2. The second kappa shape index (κ2) is 8.01. The number of nitrogens with one attached hydrogen (secondary N) is 2. The molecule has 6 heteroatoms. The first-order valence-electron chi connectivity index (χ1n) is 10.2. The molecule has 29 heavy (non-hydrogen) atoms. The average molecular weight is 406 g/mol. The van der Waals surface area contributed by atoms with E-state index in [4.69, 9.17) is 11.6 Å². The van der Waals surface area contributed by atoms with E-state index in [1.165, 1.54) is 23.8 Å². The summed E-state index contributed by atoms with van der Waals surface area (Å²) < 4.78 is 0. The highest BCUT2D eigenvalue weighted by Crippen LogP contribution is 2.25. The molecule has 2 aromatic heterocycles. The van der Waals surface area contributed by atoms with E-state index in [9.17, 15) is 0 Å². The molecule has 0 radical (unpaired) electrons. The summed E-state index contributed by atoms with van der Waals surface area (Å²) in [6.45, 7) is 3.00. The Balaban J connectivity index is 1.18. The van der Waals surface area contributed by atoms with E-state index < -0.39 is 0 Å². The Morgan fingerprint density at radius 2 is 1.83 bits per heavy atom. The van der Waals surface area contributed by atoms with Crippen molar-refractivity contribution in [3.8, 4) is 11.5 Å². The van der Waals surface area contributed by atoms with E-state index in [1.807, 2.05) is 24.3 Å². The fourth-order valence-corrected chi connectivity index (χ4v) is 4.46. The molecule has 2 aromatic carbocycles. The van der Waals surface area contributed by atoms with Crippen molar-refractivity contribution in [2.75, 3.05) is 13.1 Å². The Bertz CT molecular complexity index is 1070. The van der Waals surface area contributed by atoms with Gasteiger partial charge in [0.15, 0.2) is 5.82 Å². The van der Waals surface area contributed by atoms with Gasteiger partial charge in [-0.2, -0.15) is 0 Å². The third-order valence-electron chi connectivity index (χ3n) is 5.81. The standard InChI is InChI=1S/C23H24ClN5/c24-19-6-3-4-17(13-19)12-16-8-10-29(11-9-16)15-22-26-23(28-27-22)21-14-18-5-1-2-7-20(18)25-21/h1-7,13-14,16,25H,8-12,15H2,(H,26,27,28). The van der Waals surface area contributed by atoms with Crippen LogP contribution in [0.1, 0.15) is 24.2 Å². The van der Waals surface area contributed by atoms with Crippen LogP contribution in [-0.2, 0) is 13.0 Å². The van der Waals surface area contributed by atoms with Crippen LogP contribution >= 0.6 is 11.6 Å². The smallest absolute Gasteiger partial charge is 0.177 e. The van der Waals surface area contributed by atoms with E-state index in [0.29, 0.717) is 0 Å². The van der Waals surface area contributed by atoms with Crippen molar-refractivity contribution in [1.29, 1.82) is 0 Å². The van der Waals surface area contributed by atoms with Crippen molar-refractivity contribution in [2.24, 2.45) is 5.92 Å². The van der Waals surface area contributed by atoms with Gasteiger partial charge in [0.1, 0.15) is 5.82 Å². The first kappa shape index (κ1) is 18.4. The van der Waals surface area contributed by atoms with Crippen molar-refractivity contribution < 1.29 is 0 Å². The molecule has 148 valence electrons. The molecule has 0 atom stereocenters. The number of likely N-dealkylation sites (tertiary alicyclic amines) is 1. The van der Waals surface area contributed by atoms with E-state index >= 15 is 0 Å². The minimum atomic E-state index is 0.723. The number of hydrogen-bond donors (Lipinski definition) is 2. The molecule has 1 saturated heterocycles. The van der Waals surface area contributed by atoms with E-state index in [2.05, 4.69) is 55.4 Å². The summed E-state index contributed by atoms with van der Waals surface area (Å²) in [5, 5.41) is 10.7. The highest BCUT2D eigenvalue weighted by Gasteiger charge is 2.21. The topological polar surface area (TPSA) is 60.6 Å². The van der Waals surface area contributed by atoms with Crippen LogP contribution in [0, 0.1) is 5.92 Å². The number of para-hydroxylation sites is 1. The number of hydrogen-bond acceptors (Lipinski definition) is 3. The minimum Gasteiger partial charge on any atom is -0.352 e. The van der Waals surface area contributed by atoms with Crippen LogP contribution < -0.4 is 0 Å². The molecule has 1 aliphatic rings. The Morgan fingerprint density at radius 3 is 2.66 bits per heavy atom. The van der Waals surface area contributed by atoms with Crippen molar-refractivity contribution in [1.82, 2.24) is 25.1 Å². The lowest BCUT2D eigenvalue weighted by atomic mass is 9.90. The van der Waals surface area contributed by atoms with E-state index in [1.54, 1.807) is 0 Å².